The van der Waals surface area contributed by atoms with Crippen LogP contribution in [0.5, 0.6) is 5.75 Å². The van der Waals surface area contributed by atoms with Gasteiger partial charge in [-0.1, -0.05) is 68.8 Å². The van der Waals surface area contributed by atoms with E-state index in [9.17, 15) is 24.3 Å². The number of ether oxygens (including phenoxy) is 1. The van der Waals surface area contributed by atoms with Crippen molar-refractivity contribution in [2.24, 2.45) is 5.92 Å². The molecule has 3 atom stereocenters. The van der Waals surface area contributed by atoms with E-state index in [0.717, 1.165) is 5.56 Å². The van der Waals surface area contributed by atoms with Gasteiger partial charge in [0.25, 0.3) is 5.91 Å². The van der Waals surface area contributed by atoms with E-state index < -0.39 is 54.0 Å². The number of pyridine rings is 1. The standard InChI is InChI=1S/C31H34F2N4O6/c1-3-20(2)26(37-30(41)42)28(39)36-25(27(38)31(32,33)29(40)35-18-23-10-7-15-34-17-23)16-21-11-13-24(14-12-21)43-19-22-8-5-4-6-9-22/h4-15,17,20,25-26,37H,3,16,18-19H2,1-2H3,(H,35,40)(H,36,39)(H,41,42). The molecule has 0 fully saturated rings. The molecule has 3 rings (SSSR count). The van der Waals surface area contributed by atoms with Gasteiger partial charge in [-0.25, -0.2) is 4.79 Å². The Morgan fingerprint density at radius 2 is 1.60 bits per heavy atom. The number of Topliss-reactive ketones (excluding diaryl/α,β-unsaturated/α-hetero) is 1. The van der Waals surface area contributed by atoms with Gasteiger partial charge >= 0.3 is 12.0 Å². The summed E-state index contributed by atoms with van der Waals surface area (Å²) in [7, 11) is 0. The van der Waals surface area contributed by atoms with Crippen LogP contribution in [0, 0.1) is 5.92 Å². The van der Waals surface area contributed by atoms with Crippen LogP contribution in [0.4, 0.5) is 13.6 Å². The number of ketones is 1. The van der Waals surface area contributed by atoms with Crippen LogP contribution < -0.4 is 20.7 Å². The minimum atomic E-state index is -4.51. The summed E-state index contributed by atoms with van der Waals surface area (Å²) in [5, 5.41) is 15.6. The molecule has 1 heterocycles. The topological polar surface area (TPSA) is 147 Å². The summed E-state index contributed by atoms with van der Waals surface area (Å²) in [6.07, 6.45) is 1.35. The lowest BCUT2D eigenvalue weighted by Crippen LogP contribution is -2.59. The number of hydrogen-bond acceptors (Lipinski definition) is 6. The summed E-state index contributed by atoms with van der Waals surface area (Å²) in [5.41, 5.74) is 1.77. The van der Waals surface area contributed by atoms with Crippen molar-refractivity contribution in [3.8, 4) is 5.75 Å². The highest BCUT2D eigenvalue weighted by atomic mass is 19.3. The molecule has 0 saturated heterocycles. The first-order valence-corrected chi connectivity index (χ1v) is 13.7. The fourth-order valence-corrected chi connectivity index (χ4v) is 4.13. The van der Waals surface area contributed by atoms with Crippen LogP contribution in [-0.4, -0.2) is 51.8 Å². The second-order valence-electron chi connectivity index (χ2n) is 9.98. The summed E-state index contributed by atoms with van der Waals surface area (Å²) < 4.78 is 36.2. The maximum atomic E-state index is 15.2. The number of rotatable bonds is 15. The quantitative estimate of drug-likeness (QED) is 0.195. The highest BCUT2D eigenvalue weighted by Gasteiger charge is 2.50. The monoisotopic (exact) mass is 596 g/mol. The summed E-state index contributed by atoms with van der Waals surface area (Å²) in [6.45, 7) is 3.33. The number of amides is 3. The fraction of sp³-hybridized carbons (Fsp3) is 0.323. The third-order valence-corrected chi connectivity index (χ3v) is 6.79. The van der Waals surface area contributed by atoms with Crippen molar-refractivity contribution < 1.29 is 37.8 Å². The number of halogens is 2. The minimum Gasteiger partial charge on any atom is -0.489 e. The molecule has 0 bridgehead atoms. The average Bonchev–Trinajstić information content (AvgIpc) is 3.01. The van der Waals surface area contributed by atoms with Crippen molar-refractivity contribution in [1.82, 2.24) is 20.9 Å². The number of alkyl halides is 2. The highest BCUT2D eigenvalue weighted by molar-refractivity contribution is 6.10. The molecule has 2 aromatic carbocycles. The van der Waals surface area contributed by atoms with Crippen LogP contribution >= 0.6 is 0 Å². The van der Waals surface area contributed by atoms with E-state index >= 15 is 8.78 Å². The first kappa shape index (κ1) is 32.6. The normalized spacial score (nSPS) is 13.2. The lowest BCUT2D eigenvalue weighted by Gasteiger charge is -2.27. The molecule has 0 aliphatic rings. The zero-order valence-electron chi connectivity index (χ0n) is 23.8. The van der Waals surface area contributed by atoms with Crippen LogP contribution in [0.25, 0.3) is 0 Å². The Labute approximate surface area is 247 Å². The predicted octanol–water partition coefficient (Wildman–Crippen LogP) is 3.89. The molecule has 0 aliphatic carbocycles. The van der Waals surface area contributed by atoms with Crippen LogP contribution in [0.1, 0.15) is 37.0 Å². The van der Waals surface area contributed by atoms with Crippen molar-refractivity contribution in [3.05, 3.63) is 95.8 Å². The molecule has 10 nitrogen and oxygen atoms in total. The number of carbonyl (C=O) groups excluding carboxylic acids is 3. The molecule has 12 heteroatoms. The van der Waals surface area contributed by atoms with Gasteiger partial charge in [-0.05, 0) is 40.8 Å². The third-order valence-electron chi connectivity index (χ3n) is 6.79. The largest absolute Gasteiger partial charge is 0.489 e. The number of benzene rings is 2. The van der Waals surface area contributed by atoms with E-state index in [2.05, 4.69) is 15.6 Å². The van der Waals surface area contributed by atoms with E-state index in [1.807, 2.05) is 35.6 Å². The molecule has 228 valence electrons. The number of nitrogens with one attached hydrogen (secondary N) is 3. The van der Waals surface area contributed by atoms with E-state index in [1.54, 1.807) is 50.2 Å². The molecule has 4 N–H and O–H groups in total. The Morgan fingerprint density at radius 3 is 2.21 bits per heavy atom. The van der Waals surface area contributed by atoms with Gasteiger partial charge < -0.3 is 25.8 Å². The Balaban J connectivity index is 1.79. The van der Waals surface area contributed by atoms with Gasteiger partial charge in [0, 0.05) is 25.4 Å². The Hall–Kier alpha value is -4.87. The lowest BCUT2D eigenvalue weighted by atomic mass is 9.95. The zero-order valence-corrected chi connectivity index (χ0v) is 23.8. The first-order chi connectivity index (χ1) is 20.5. The fourth-order valence-electron chi connectivity index (χ4n) is 4.13. The number of aromatic nitrogens is 1. The zero-order chi connectivity index (χ0) is 31.4. The lowest BCUT2D eigenvalue weighted by molar-refractivity contribution is -0.160. The summed E-state index contributed by atoms with van der Waals surface area (Å²) >= 11 is 0. The Morgan fingerprint density at radius 1 is 0.930 bits per heavy atom. The van der Waals surface area contributed by atoms with Crippen LogP contribution in [0.15, 0.2) is 79.1 Å². The molecule has 0 radical (unpaired) electrons. The molecule has 0 spiro atoms. The molecule has 3 aromatic rings. The van der Waals surface area contributed by atoms with Gasteiger partial charge in [0.15, 0.2) is 0 Å². The van der Waals surface area contributed by atoms with E-state index in [-0.39, 0.29) is 6.54 Å². The molecule has 1 aromatic heterocycles. The maximum Gasteiger partial charge on any atom is 0.405 e. The second-order valence-corrected chi connectivity index (χ2v) is 9.98. The number of carbonyl (C=O) groups is 4. The van der Waals surface area contributed by atoms with Crippen LogP contribution in [-0.2, 0) is 34.0 Å². The molecular formula is C31H34F2N4O6. The van der Waals surface area contributed by atoms with Gasteiger partial charge in [0.2, 0.25) is 11.7 Å². The SMILES string of the molecule is CCC(C)C(NC(=O)O)C(=O)NC(Cc1ccc(OCc2ccccc2)cc1)C(=O)C(F)(F)C(=O)NCc1cccnc1. The summed E-state index contributed by atoms with van der Waals surface area (Å²) in [6, 6.07) is 15.7. The highest BCUT2D eigenvalue weighted by Crippen LogP contribution is 2.22. The summed E-state index contributed by atoms with van der Waals surface area (Å²) in [4.78, 5) is 53.9. The first-order valence-electron chi connectivity index (χ1n) is 13.7. The maximum absolute atomic E-state index is 15.2. The molecule has 43 heavy (non-hydrogen) atoms. The van der Waals surface area contributed by atoms with E-state index in [0.29, 0.717) is 29.9 Å². The number of hydrogen-bond donors (Lipinski definition) is 4. The average molecular weight is 597 g/mol. The van der Waals surface area contributed by atoms with Gasteiger partial charge in [0.1, 0.15) is 18.4 Å². The van der Waals surface area contributed by atoms with Crippen molar-refractivity contribution in [1.29, 1.82) is 0 Å². The van der Waals surface area contributed by atoms with Gasteiger partial charge in [-0.2, -0.15) is 8.78 Å². The minimum absolute atomic E-state index is 0.296. The van der Waals surface area contributed by atoms with Crippen LogP contribution in [0.2, 0.25) is 0 Å². The molecular weight excluding hydrogens is 562 g/mol. The molecule has 0 aliphatic heterocycles. The molecule has 3 amide bonds. The van der Waals surface area contributed by atoms with Gasteiger partial charge in [-0.15, -0.1) is 0 Å². The smallest absolute Gasteiger partial charge is 0.405 e. The summed E-state index contributed by atoms with van der Waals surface area (Å²) in [5.74, 6) is -9.19. The number of carboxylic acid groups (broad SMARTS) is 1. The third kappa shape index (κ3) is 9.59. The van der Waals surface area contributed by atoms with Crippen LogP contribution in [0.3, 0.4) is 0 Å². The van der Waals surface area contributed by atoms with Gasteiger partial charge in [0.05, 0.1) is 6.04 Å². The predicted molar refractivity (Wildman–Crippen MR) is 153 cm³/mol. The Bertz CT molecular complexity index is 1370. The van der Waals surface area contributed by atoms with E-state index in [1.165, 1.54) is 12.4 Å². The van der Waals surface area contributed by atoms with Crippen molar-refractivity contribution in [2.75, 3.05) is 0 Å². The number of nitrogens with zero attached hydrogens (tertiary/aromatic N) is 1. The molecule has 3 unspecified atom stereocenters. The Kier molecular flexibility index (Phi) is 11.7. The van der Waals surface area contributed by atoms with Crippen molar-refractivity contribution in [2.45, 2.75) is 57.8 Å². The van der Waals surface area contributed by atoms with Crippen molar-refractivity contribution >= 4 is 23.7 Å². The van der Waals surface area contributed by atoms with Crippen molar-refractivity contribution in [3.63, 3.8) is 0 Å². The van der Waals surface area contributed by atoms with Gasteiger partial charge in [-0.3, -0.25) is 19.4 Å². The molecule has 0 saturated carbocycles. The van der Waals surface area contributed by atoms with E-state index in [4.69, 9.17) is 4.74 Å². The second kappa shape index (κ2) is 15.4.